The van der Waals surface area contributed by atoms with Crippen molar-refractivity contribution in [1.82, 2.24) is 9.78 Å². The van der Waals surface area contributed by atoms with E-state index in [1.54, 1.807) is 16.6 Å². The Morgan fingerprint density at radius 2 is 2.15 bits per heavy atom. The van der Waals surface area contributed by atoms with Crippen molar-refractivity contribution in [1.29, 1.82) is 0 Å². The molecule has 2 rings (SSSR count). The lowest BCUT2D eigenvalue weighted by Crippen LogP contribution is -2.28. The maximum atomic E-state index is 12.1. The van der Waals surface area contributed by atoms with Crippen LogP contribution in [0.4, 0.5) is 5.82 Å². The zero-order valence-electron chi connectivity index (χ0n) is 11.9. The number of nitrogens with zero attached hydrogens (tertiary/aromatic N) is 3. The third kappa shape index (κ3) is 3.18. The third-order valence-electron chi connectivity index (χ3n) is 3.42. The fourth-order valence-electron chi connectivity index (χ4n) is 2.46. The smallest absolute Gasteiger partial charge is 0.228 e. The first kappa shape index (κ1) is 15.0. The molecule has 0 bridgehead atoms. The standard InChI is InChI=1S/C12H20N4O3S/c1-8(2)10-5-11(15(3)14-10)16-6-9(4-12(16)17)7-20(13,18)19/h5,8-9H,4,6-7H2,1-3H3,(H2,13,18,19). The van der Waals surface area contributed by atoms with Crippen molar-refractivity contribution >= 4 is 21.7 Å². The van der Waals surface area contributed by atoms with Gasteiger partial charge in [-0.15, -0.1) is 0 Å². The molecule has 20 heavy (non-hydrogen) atoms. The molecular weight excluding hydrogens is 280 g/mol. The quantitative estimate of drug-likeness (QED) is 0.857. The van der Waals surface area contributed by atoms with Gasteiger partial charge in [-0.05, 0) is 5.92 Å². The van der Waals surface area contributed by atoms with Crippen LogP contribution in [0.3, 0.4) is 0 Å². The van der Waals surface area contributed by atoms with Gasteiger partial charge in [0.25, 0.3) is 0 Å². The average molecular weight is 300 g/mol. The van der Waals surface area contributed by atoms with Gasteiger partial charge in [-0.3, -0.25) is 14.4 Å². The minimum Gasteiger partial charge on any atom is -0.297 e. The van der Waals surface area contributed by atoms with Crippen LogP contribution in [-0.2, 0) is 21.9 Å². The average Bonchev–Trinajstić information content (AvgIpc) is 2.80. The number of aromatic nitrogens is 2. The molecule has 8 heteroatoms. The van der Waals surface area contributed by atoms with E-state index in [2.05, 4.69) is 5.10 Å². The molecule has 1 amide bonds. The Hall–Kier alpha value is -1.41. The van der Waals surface area contributed by atoms with Gasteiger partial charge in [0.2, 0.25) is 15.9 Å². The Balaban J connectivity index is 2.20. The second-order valence-electron chi connectivity index (χ2n) is 5.61. The summed E-state index contributed by atoms with van der Waals surface area (Å²) in [6.45, 7) is 4.43. The SMILES string of the molecule is CC(C)c1cc(N2CC(CS(N)(=O)=O)CC2=O)n(C)n1. The highest BCUT2D eigenvalue weighted by atomic mass is 32.2. The Labute approximate surface area is 118 Å². The summed E-state index contributed by atoms with van der Waals surface area (Å²) in [5, 5.41) is 9.41. The van der Waals surface area contributed by atoms with Crippen LogP contribution < -0.4 is 10.0 Å². The maximum Gasteiger partial charge on any atom is 0.228 e. The molecule has 1 aromatic rings. The molecule has 0 aromatic carbocycles. The van der Waals surface area contributed by atoms with Gasteiger partial charge in [-0.2, -0.15) is 5.10 Å². The van der Waals surface area contributed by atoms with Crippen molar-refractivity contribution in [2.75, 3.05) is 17.2 Å². The molecule has 0 aliphatic carbocycles. The van der Waals surface area contributed by atoms with E-state index >= 15 is 0 Å². The molecule has 7 nitrogen and oxygen atoms in total. The van der Waals surface area contributed by atoms with E-state index in [-0.39, 0.29) is 29.9 Å². The molecule has 2 heterocycles. The van der Waals surface area contributed by atoms with Gasteiger partial charge in [0, 0.05) is 32.0 Å². The van der Waals surface area contributed by atoms with Crippen LogP contribution in [-0.4, -0.2) is 36.4 Å². The van der Waals surface area contributed by atoms with Gasteiger partial charge >= 0.3 is 0 Å². The molecule has 1 saturated heterocycles. The van der Waals surface area contributed by atoms with Crippen LogP contribution in [0, 0.1) is 5.92 Å². The predicted molar refractivity (Wildman–Crippen MR) is 75.7 cm³/mol. The number of hydrogen-bond acceptors (Lipinski definition) is 4. The number of primary sulfonamides is 1. The number of carbonyl (C=O) groups is 1. The number of carbonyl (C=O) groups excluding carboxylic acids is 1. The van der Waals surface area contributed by atoms with Crippen molar-refractivity contribution in [3.8, 4) is 0 Å². The zero-order valence-corrected chi connectivity index (χ0v) is 12.7. The Morgan fingerprint density at radius 3 is 2.65 bits per heavy atom. The summed E-state index contributed by atoms with van der Waals surface area (Å²) in [6, 6.07) is 1.88. The predicted octanol–water partition coefficient (Wildman–Crippen LogP) is 0.185. The van der Waals surface area contributed by atoms with Crippen LogP contribution in [0.15, 0.2) is 6.07 Å². The highest BCUT2D eigenvalue weighted by molar-refractivity contribution is 7.89. The lowest BCUT2D eigenvalue weighted by Gasteiger charge is -2.16. The Kier molecular flexibility index (Phi) is 3.88. The van der Waals surface area contributed by atoms with E-state index in [1.165, 1.54) is 0 Å². The minimum atomic E-state index is -3.56. The Bertz CT molecular complexity index is 621. The van der Waals surface area contributed by atoms with Crippen molar-refractivity contribution in [2.45, 2.75) is 26.2 Å². The van der Waals surface area contributed by atoms with E-state index in [4.69, 9.17) is 5.14 Å². The Morgan fingerprint density at radius 1 is 1.50 bits per heavy atom. The van der Waals surface area contributed by atoms with E-state index in [0.29, 0.717) is 12.4 Å². The molecule has 2 N–H and O–H groups in total. The largest absolute Gasteiger partial charge is 0.297 e. The summed E-state index contributed by atoms with van der Waals surface area (Å²) in [4.78, 5) is 13.6. The fraction of sp³-hybridized carbons (Fsp3) is 0.667. The third-order valence-corrected chi connectivity index (χ3v) is 4.35. The molecule has 1 aromatic heterocycles. The van der Waals surface area contributed by atoms with Gasteiger partial charge in [0.1, 0.15) is 5.82 Å². The van der Waals surface area contributed by atoms with Gasteiger partial charge < -0.3 is 0 Å². The molecular formula is C12H20N4O3S. The van der Waals surface area contributed by atoms with Crippen molar-refractivity contribution in [3.63, 3.8) is 0 Å². The van der Waals surface area contributed by atoms with Crippen LogP contribution in [0.5, 0.6) is 0 Å². The van der Waals surface area contributed by atoms with E-state index in [1.807, 2.05) is 19.9 Å². The first-order valence-electron chi connectivity index (χ1n) is 6.52. The van der Waals surface area contributed by atoms with Crippen molar-refractivity contribution < 1.29 is 13.2 Å². The molecule has 0 radical (unpaired) electrons. The number of nitrogens with two attached hydrogens (primary N) is 1. The highest BCUT2D eigenvalue weighted by Crippen LogP contribution is 2.27. The molecule has 1 aliphatic heterocycles. The molecule has 0 spiro atoms. The number of aryl methyl sites for hydroxylation is 1. The van der Waals surface area contributed by atoms with Gasteiger partial charge in [0.15, 0.2) is 0 Å². The first-order valence-corrected chi connectivity index (χ1v) is 8.23. The number of sulfonamides is 1. The summed E-state index contributed by atoms with van der Waals surface area (Å²) in [5.41, 5.74) is 0.908. The lowest BCUT2D eigenvalue weighted by molar-refractivity contribution is -0.117. The monoisotopic (exact) mass is 300 g/mol. The summed E-state index contributed by atoms with van der Waals surface area (Å²) in [6.07, 6.45) is 0.207. The summed E-state index contributed by atoms with van der Waals surface area (Å²) < 4.78 is 23.9. The van der Waals surface area contributed by atoms with Crippen LogP contribution >= 0.6 is 0 Å². The van der Waals surface area contributed by atoms with Crippen LogP contribution in [0.25, 0.3) is 0 Å². The maximum absolute atomic E-state index is 12.1. The van der Waals surface area contributed by atoms with Gasteiger partial charge in [-0.25, -0.2) is 13.6 Å². The molecule has 0 saturated carbocycles. The first-order chi connectivity index (χ1) is 9.17. The number of hydrogen-bond donors (Lipinski definition) is 1. The number of amides is 1. The second-order valence-corrected chi connectivity index (χ2v) is 7.27. The summed E-state index contributed by atoms with van der Waals surface area (Å²) in [5.74, 6) is 0.472. The van der Waals surface area contributed by atoms with Crippen LogP contribution in [0.1, 0.15) is 31.9 Å². The number of anilines is 1. The lowest BCUT2D eigenvalue weighted by atomic mass is 10.1. The van der Waals surface area contributed by atoms with E-state index in [9.17, 15) is 13.2 Å². The second kappa shape index (κ2) is 5.17. The molecule has 112 valence electrons. The number of rotatable bonds is 4. The highest BCUT2D eigenvalue weighted by Gasteiger charge is 2.34. The van der Waals surface area contributed by atoms with Crippen molar-refractivity contribution in [2.24, 2.45) is 18.1 Å². The van der Waals surface area contributed by atoms with Gasteiger partial charge in [0.05, 0.1) is 11.4 Å². The van der Waals surface area contributed by atoms with E-state index < -0.39 is 10.0 Å². The van der Waals surface area contributed by atoms with Crippen molar-refractivity contribution in [3.05, 3.63) is 11.8 Å². The molecule has 1 fully saturated rings. The zero-order chi connectivity index (χ0) is 15.1. The topological polar surface area (TPSA) is 98.3 Å². The summed E-state index contributed by atoms with van der Waals surface area (Å²) >= 11 is 0. The van der Waals surface area contributed by atoms with E-state index in [0.717, 1.165) is 5.69 Å². The molecule has 1 aliphatic rings. The van der Waals surface area contributed by atoms with Crippen LogP contribution in [0.2, 0.25) is 0 Å². The van der Waals surface area contributed by atoms with Gasteiger partial charge in [-0.1, -0.05) is 13.8 Å². The fourth-order valence-corrected chi connectivity index (χ4v) is 3.34. The molecule has 1 unspecified atom stereocenters. The summed E-state index contributed by atoms with van der Waals surface area (Å²) in [7, 11) is -1.78. The normalized spacial score (nSPS) is 20.1. The molecule has 1 atom stereocenters. The minimum absolute atomic E-state index is 0.0862.